The molecule has 2 heterocycles. The summed E-state index contributed by atoms with van der Waals surface area (Å²) in [4.78, 5) is 16.4. The fraction of sp³-hybridized carbons (Fsp3) is 0.750. The van der Waals surface area contributed by atoms with Crippen LogP contribution in [0.5, 0.6) is 0 Å². The van der Waals surface area contributed by atoms with Gasteiger partial charge in [-0.15, -0.1) is 10.2 Å². The lowest BCUT2D eigenvalue weighted by Crippen LogP contribution is -2.56. The van der Waals surface area contributed by atoms with Crippen molar-refractivity contribution in [3.8, 4) is 0 Å². The van der Waals surface area contributed by atoms with E-state index < -0.39 is 0 Å². The quantitative estimate of drug-likeness (QED) is 0.899. The van der Waals surface area contributed by atoms with Crippen LogP contribution in [-0.2, 0) is 0 Å². The second-order valence-corrected chi connectivity index (χ2v) is 6.36. The molecule has 1 aromatic rings. The molecule has 7 heteroatoms. The van der Waals surface area contributed by atoms with E-state index in [2.05, 4.69) is 41.2 Å². The summed E-state index contributed by atoms with van der Waals surface area (Å²) in [6.45, 7) is 10.8. The van der Waals surface area contributed by atoms with Gasteiger partial charge in [-0.2, -0.15) is 0 Å². The Hall–Kier alpha value is -1.21. The number of aromatic nitrogens is 2. The Labute approximate surface area is 117 Å². The summed E-state index contributed by atoms with van der Waals surface area (Å²) in [5.74, 6) is 0. The van der Waals surface area contributed by atoms with Crippen LogP contribution in [0, 0.1) is 6.92 Å². The number of amides is 2. The molecule has 2 amide bonds. The van der Waals surface area contributed by atoms with Gasteiger partial charge in [0.05, 0.1) is 0 Å². The smallest absolute Gasteiger partial charge is 0.322 e. The van der Waals surface area contributed by atoms with Gasteiger partial charge in [0.2, 0.25) is 5.13 Å². The summed E-state index contributed by atoms with van der Waals surface area (Å²) in [6, 6.07) is 0.827. The molecule has 1 atom stereocenters. The predicted molar refractivity (Wildman–Crippen MR) is 76.5 cm³/mol. The van der Waals surface area contributed by atoms with Crippen molar-refractivity contribution in [2.75, 3.05) is 25.0 Å². The van der Waals surface area contributed by atoms with Crippen LogP contribution in [0.15, 0.2) is 0 Å². The number of carbonyl (C=O) groups excluding carboxylic acids is 1. The molecule has 1 N–H and O–H groups in total. The van der Waals surface area contributed by atoms with E-state index in [4.69, 9.17) is 0 Å². The van der Waals surface area contributed by atoms with Crippen LogP contribution in [-0.4, -0.2) is 57.7 Å². The highest BCUT2D eigenvalue weighted by Gasteiger charge is 2.28. The first-order valence-electron chi connectivity index (χ1n) is 6.59. The number of hydrogen-bond donors (Lipinski definition) is 1. The Morgan fingerprint density at radius 2 is 2.16 bits per heavy atom. The number of anilines is 1. The summed E-state index contributed by atoms with van der Waals surface area (Å²) >= 11 is 1.40. The van der Waals surface area contributed by atoms with Gasteiger partial charge in [0.15, 0.2) is 0 Å². The maximum atomic E-state index is 12.1. The van der Waals surface area contributed by atoms with E-state index >= 15 is 0 Å². The summed E-state index contributed by atoms with van der Waals surface area (Å²) in [6.07, 6.45) is 0. The van der Waals surface area contributed by atoms with E-state index in [0.717, 1.165) is 24.6 Å². The Morgan fingerprint density at radius 1 is 1.42 bits per heavy atom. The lowest BCUT2D eigenvalue weighted by atomic mass is 10.1. The number of carbonyl (C=O) groups is 1. The number of aryl methyl sites for hydroxylation is 1. The first-order chi connectivity index (χ1) is 8.97. The molecule has 0 aliphatic carbocycles. The average molecular weight is 283 g/mol. The monoisotopic (exact) mass is 283 g/mol. The van der Waals surface area contributed by atoms with Crippen LogP contribution >= 0.6 is 11.3 Å². The Balaban J connectivity index is 1.91. The van der Waals surface area contributed by atoms with Gasteiger partial charge < -0.3 is 4.90 Å². The van der Waals surface area contributed by atoms with E-state index in [1.807, 2.05) is 11.8 Å². The van der Waals surface area contributed by atoms with Gasteiger partial charge in [0, 0.05) is 31.7 Å². The lowest BCUT2D eigenvalue weighted by molar-refractivity contribution is 0.0789. The van der Waals surface area contributed by atoms with E-state index in [-0.39, 0.29) is 6.03 Å². The molecular formula is C12H21N5OS. The maximum Gasteiger partial charge on any atom is 0.323 e. The van der Waals surface area contributed by atoms with Gasteiger partial charge in [-0.1, -0.05) is 11.3 Å². The van der Waals surface area contributed by atoms with E-state index in [0.29, 0.717) is 17.2 Å². The summed E-state index contributed by atoms with van der Waals surface area (Å²) in [5.41, 5.74) is 0. The normalized spacial score (nSPS) is 20.9. The molecule has 1 aliphatic heterocycles. The summed E-state index contributed by atoms with van der Waals surface area (Å²) < 4.78 is 0. The van der Waals surface area contributed by atoms with Crippen molar-refractivity contribution in [3.05, 3.63) is 5.01 Å². The van der Waals surface area contributed by atoms with Crippen LogP contribution in [0.4, 0.5) is 9.93 Å². The van der Waals surface area contributed by atoms with Gasteiger partial charge in [0.25, 0.3) is 0 Å². The minimum absolute atomic E-state index is 0.0774. The van der Waals surface area contributed by atoms with Crippen molar-refractivity contribution >= 4 is 22.5 Å². The minimum atomic E-state index is -0.0774. The summed E-state index contributed by atoms with van der Waals surface area (Å²) in [5, 5.41) is 12.0. The van der Waals surface area contributed by atoms with Gasteiger partial charge >= 0.3 is 6.03 Å². The first-order valence-corrected chi connectivity index (χ1v) is 7.41. The van der Waals surface area contributed by atoms with Crippen molar-refractivity contribution < 1.29 is 4.79 Å². The molecule has 0 saturated carbocycles. The number of rotatable bonds is 2. The molecule has 1 unspecified atom stereocenters. The number of nitrogens with zero attached hydrogens (tertiary/aromatic N) is 4. The van der Waals surface area contributed by atoms with Crippen LogP contribution < -0.4 is 5.32 Å². The molecule has 1 fully saturated rings. The highest BCUT2D eigenvalue weighted by atomic mass is 32.1. The average Bonchev–Trinajstić information content (AvgIpc) is 2.74. The molecule has 1 saturated heterocycles. The predicted octanol–water partition coefficient (Wildman–Crippen LogP) is 1.79. The number of hydrogen-bond acceptors (Lipinski definition) is 5. The first kappa shape index (κ1) is 14.2. The molecule has 2 rings (SSSR count). The Bertz CT molecular complexity index is 447. The second-order valence-electron chi connectivity index (χ2n) is 5.18. The van der Waals surface area contributed by atoms with Gasteiger partial charge in [-0.05, 0) is 27.7 Å². The highest BCUT2D eigenvalue weighted by Crippen LogP contribution is 2.17. The number of nitrogens with one attached hydrogen (secondary N) is 1. The van der Waals surface area contributed by atoms with Gasteiger partial charge in [0.1, 0.15) is 5.01 Å². The minimum Gasteiger partial charge on any atom is -0.322 e. The fourth-order valence-corrected chi connectivity index (χ4v) is 3.02. The van der Waals surface area contributed by atoms with Crippen LogP contribution in [0.1, 0.15) is 25.8 Å². The zero-order chi connectivity index (χ0) is 14.0. The third-order valence-electron chi connectivity index (χ3n) is 3.37. The molecule has 0 spiro atoms. The molecular weight excluding hydrogens is 262 g/mol. The van der Waals surface area contributed by atoms with Crippen LogP contribution in [0.3, 0.4) is 0 Å². The third kappa shape index (κ3) is 3.42. The molecule has 6 nitrogen and oxygen atoms in total. The van der Waals surface area contributed by atoms with Gasteiger partial charge in [-0.25, -0.2) is 4.79 Å². The number of piperazine rings is 1. The molecule has 106 valence electrons. The zero-order valence-electron chi connectivity index (χ0n) is 11.9. The SMILES string of the molecule is Cc1nnc(NC(=O)N2CCN(C(C)C)C(C)C2)s1. The summed E-state index contributed by atoms with van der Waals surface area (Å²) in [7, 11) is 0. The largest absolute Gasteiger partial charge is 0.323 e. The molecule has 1 aromatic heterocycles. The molecule has 0 bridgehead atoms. The molecule has 0 radical (unpaired) electrons. The van der Waals surface area contributed by atoms with Crippen molar-refractivity contribution in [1.29, 1.82) is 0 Å². The van der Waals surface area contributed by atoms with Crippen LogP contribution in [0.25, 0.3) is 0 Å². The van der Waals surface area contributed by atoms with Crippen molar-refractivity contribution in [2.24, 2.45) is 0 Å². The zero-order valence-corrected chi connectivity index (χ0v) is 12.7. The third-order valence-corrected chi connectivity index (χ3v) is 4.12. The van der Waals surface area contributed by atoms with E-state index in [9.17, 15) is 4.79 Å². The van der Waals surface area contributed by atoms with E-state index in [1.54, 1.807) is 0 Å². The maximum absolute atomic E-state index is 12.1. The second kappa shape index (κ2) is 5.83. The standard InChI is InChI=1S/C12H21N5OS/c1-8(2)17-6-5-16(7-9(17)3)12(18)13-11-15-14-10(4)19-11/h8-9H,5-7H2,1-4H3,(H,13,15,18). The lowest BCUT2D eigenvalue weighted by Gasteiger charge is -2.41. The Kier molecular flexibility index (Phi) is 4.36. The highest BCUT2D eigenvalue weighted by molar-refractivity contribution is 7.15. The van der Waals surface area contributed by atoms with Crippen LogP contribution in [0.2, 0.25) is 0 Å². The van der Waals surface area contributed by atoms with Crippen molar-refractivity contribution in [1.82, 2.24) is 20.0 Å². The number of urea groups is 1. The molecule has 19 heavy (non-hydrogen) atoms. The fourth-order valence-electron chi connectivity index (χ4n) is 2.44. The van der Waals surface area contributed by atoms with Gasteiger partial charge in [-0.3, -0.25) is 10.2 Å². The van der Waals surface area contributed by atoms with Crippen molar-refractivity contribution in [2.45, 2.75) is 39.8 Å². The van der Waals surface area contributed by atoms with Crippen molar-refractivity contribution in [3.63, 3.8) is 0 Å². The van der Waals surface area contributed by atoms with E-state index in [1.165, 1.54) is 11.3 Å². The molecule has 0 aromatic carbocycles. The Morgan fingerprint density at radius 3 is 2.68 bits per heavy atom. The topological polar surface area (TPSA) is 61.4 Å². The molecule has 1 aliphatic rings.